The van der Waals surface area contributed by atoms with Gasteiger partial charge in [0.2, 0.25) is 11.8 Å². The third kappa shape index (κ3) is 10.6. The highest BCUT2D eigenvalue weighted by atomic mass is 16.6. The van der Waals surface area contributed by atoms with E-state index in [1.807, 2.05) is 74.5 Å². The van der Waals surface area contributed by atoms with Gasteiger partial charge in [-0.1, -0.05) is 81.1 Å². The van der Waals surface area contributed by atoms with E-state index in [0.717, 1.165) is 47.6 Å². The molecular weight excluding hydrogens is 580 g/mol. The van der Waals surface area contributed by atoms with Gasteiger partial charge in [0.15, 0.2) is 0 Å². The molecule has 0 saturated heterocycles. The maximum atomic E-state index is 14.6. The van der Waals surface area contributed by atoms with Gasteiger partial charge in [-0.2, -0.15) is 0 Å². The van der Waals surface area contributed by atoms with Crippen LogP contribution in [0.5, 0.6) is 0 Å². The van der Waals surface area contributed by atoms with Crippen LogP contribution < -0.4 is 16.4 Å². The van der Waals surface area contributed by atoms with E-state index in [0.29, 0.717) is 17.7 Å². The molecule has 2 atom stereocenters. The molecule has 0 heterocycles. The zero-order valence-electron chi connectivity index (χ0n) is 28.2. The van der Waals surface area contributed by atoms with Crippen molar-refractivity contribution in [3.05, 3.63) is 77.4 Å². The second-order valence-electron chi connectivity index (χ2n) is 12.9. The number of anilines is 1. The first kappa shape index (κ1) is 36.1. The van der Waals surface area contributed by atoms with Crippen LogP contribution in [0.2, 0.25) is 0 Å². The minimum Gasteiger partial charge on any atom is -0.444 e. The average molecular weight is 631 g/mol. The number of carbonyl (C=O) groups excluding carboxylic acids is 4. The number of alkyl carbamates (subject to hydrolysis) is 1. The summed E-state index contributed by atoms with van der Waals surface area (Å²) < 4.78 is 5.46. The molecule has 4 amide bonds. The number of fused-ring (bicyclic) bond motifs is 1. The molecule has 0 aliphatic carbocycles. The smallest absolute Gasteiger partial charge is 0.408 e. The first-order chi connectivity index (χ1) is 21.8. The van der Waals surface area contributed by atoms with E-state index in [1.165, 1.54) is 0 Å². The Morgan fingerprint density at radius 3 is 2.15 bits per heavy atom. The Bertz CT molecular complexity index is 1490. The second kappa shape index (κ2) is 16.8. The fourth-order valence-electron chi connectivity index (χ4n) is 5.61. The molecule has 4 N–H and O–H groups in total. The molecule has 3 aromatic rings. The van der Waals surface area contributed by atoms with E-state index >= 15 is 0 Å². The maximum Gasteiger partial charge on any atom is 0.408 e. The van der Waals surface area contributed by atoms with Crippen molar-refractivity contribution in [2.45, 2.75) is 104 Å². The highest BCUT2D eigenvalue weighted by Gasteiger charge is 2.37. The summed E-state index contributed by atoms with van der Waals surface area (Å²) in [6.45, 7) is 11.4. The molecule has 0 aliphatic heterocycles. The number of carbonyl (C=O) groups is 4. The Hall–Kier alpha value is -4.40. The highest BCUT2D eigenvalue weighted by molar-refractivity contribution is 6.01. The van der Waals surface area contributed by atoms with Crippen LogP contribution in [-0.4, -0.2) is 46.9 Å². The molecule has 3 rings (SSSR count). The predicted molar refractivity (Wildman–Crippen MR) is 183 cm³/mol. The van der Waals surface area contributed by atoms with E-state index in [-0.39, 0.29) is 25.3 Å². The van der Waals surface area contributed by atoms with Gasteiger partial charge in [-0.25, -0.2) is 4.79 Å². The number of unbranched alkanes of at least 4 members (excludes halogenated alkanes) is 4. The van der Waals surface area contributed by atoms with Crippen LogP contribution in [0.25, 0.3) is 10.8 Å². The SMILES string of the molecule is CCCCCCCN(C(=O)C(CCC(N)=O)NC(=O)OC(C)(C)C)C(C(=O)Nc1ccc2ccccc2c1)c1c(C)cccc1C. The minimum absolute atomic E-state index is 0.0362. The number of nitrogens with two attached hydrogens (primary N) is 1. The highest BCUT2D eigenvalue weighted by Crippen LogP contribution is 2.31. The predicted octanol–water partition coefficient (Wildman–Crippen LogP) is 7.09. The van der Waals surface area contributed by atoms with Crippen LogP contribution >= 0.6 is 0 Å². The van der Waals surface area contributed by atoms with Crippen LogP contribution in [0.1, 0.15) is 95.4 Å². The molecule has 0 fully saturated rings. The summed E-state index contributed by atoms with van der Waals surface area (Å²) in [6, 6.07) is 17.2. The second-order valence-corrected chi connectivity index (χ2v) is 12.9. The normalized spacial score (nSPS) is 12.7. The summed E-state index contributed by atoms with van der Waals surface area (Å²) in [7, 11) is 0. The van der Waals surface area contributed by atoms with Gasteiger partial charge in [-0.15, -0.1) is 0 Å². The third-order valence-electron chi connectivity index (χ3n) is 7.85. The fourth-order valence-corrected chi connectivity index (χ4v) is 5.61. The largest absolute Gasteiger partial charge is 0.444 e. The van der Waals surface area contributed by atoms with Gasteiger partial charge in [0.25, 0.3) is 5.91 Å². The third-order valence-corrected chi connectivity index (χ3v) is 7.85. The van der Waals surface area contributed by atoms with Gasteiger partial charge in [-0.3, -0.25) is 14.4 Å². The Morgan fingerprint density at radius 2 is 1.52 bits per heavy atom. The molecule has 9 heteroatoms. The van der Waals surface area contributed by atoms with Crippen LogP contribution in [0, 0.1) is 13.8 Å². The van der Waals surface area contributed by atoms with Crippen LogP contribution in [0.3, 0.4) is 0 Å². The Morgan fingerprint density at radius 1 is 0.870 bits per heavy atom. The minimum atomic E-state index is -1.14. The Labute approximate surface area is 273 Å². The van der Waals surface area contributed by atoms with Crippen LogP contribution in [0.4, 0.5) is 10.5 Å². The van der Waals surface area contributed by atoms with E-state index < -0.39 is 35.6 Å². The molecule has 0 bridgehead atoms. The summed E-state index contributed by atoms with van der Waals surface area (Å²) in [4.78, 5) is 55.3. The average Bonchev–Trinajstić information content (AvgIpc) is 2.98. The van der Waals surface area contributed by atoms with Gasteiger partial charge in [0.05, 0.1) is 0 Å². The molecule has 0 spiro atoms. The molecule has 3 aromatic carbocycles. The first-order valence-corrected chi connectivity index (χ1v) is 16.2. The molecule has 2 unspecified atom stereocenters. The monoisotopic (exact) mass is 630 g/mol. The standard InChI is InChI=1S/C37H50N4O5/c1-7-8-9-10-13-23-41(35(44)30(21-22-31(38)42)40-36(45)46-37(4,5)6)33(32-25(2)15-14-16-26(32)3)34(43)39-29-20-19-27-17-11-12-18-28(27)24-29/h11-12,14-20,24,30,33H,7-10,13,21-23H2,1-6H3,(H2,38,42)(H,39,43)(H,40,45). The van der Waals surface area contributed by atoms with Crippen molar-refractivity contribution < 1.29 is 23.9 Å². The van der Waals surface area contributed by atoms with Crippen LogP contribution in [-0.2, 0) is 19.1 Å². The van der Waals surface area contributed by atoms with Gasteiger partial charge in [-0.05, 0) is 87.1 Å². The number of rotatable bonds is 15. The van der Waals surface area contributed by atoms with E-state index in [9.17, 15) is 19.2 Å². The first-order valence-electron chi connectivity index (χ1n) is 16.2. The Balaban J connectivity index is 2.09. The zero-order chi connectivity index (χ0) is 33.9. The molecule has 46 heavy (non-hydrogen) atoms. The Kier molecular flexibility index (Phi) is 13.2. The number of amides is 4. The van der Waals surface area contributed by atoms with Crippen molar-refractivity contribution in [1.29, 1.82) is 0 Å². The topological polar surface area (TPSA) is 131 Å². The van der Waals surface area contributed by atoms with Crippen molar-refractivity contribution in [2.75, 3.05) is 11.9 Å². The van der Waals surface area contributed by atoms with Gasteiger partial charge >= 0.3 is 6.09 Å². The number of ether oxygens (including phenoxy) is 1. The van der Waals surface area contributed by atoms with Gasteiger partial charge in [0.1, 0.15) is 17.7 Å². The van der Waals surface area contributed by atoms with Crippen molar-refractivity contribution in [2.24, 2.45) is 5.73 Å². The van der Waals surface area contributed by atoms with Crippen molar-refractivity contribution >= 4 is 40.3 Å². The molecule has 0 aromatic heterocycles. The van der Waals surface area contributed by atoms with E-state index in [2.05, 4.69) is 17.6 Å². The molecular formula is C37H50N4O5. The van der Waals surface area contributed by atoms with Crippen molar-refractivity contribution in [3.8, 4) is 0 Å². The number of primary amides is 1. The number of hydrogen-bond acceptors (Lipinski definition) is 5. The number of hydrogen-bond donors (Lipinski definition) is 3. The number of nitrogens with one attached hydrogen (secondary N) is 2. The molecule has 0 aliphatic rings. The zero-order valence-corrected chi connectivity index (χ0v) is 28.2. The molecule has 0 saturated carbocycles. The summed E-state index contributed by atoms with van der Waals surface area (Å²) in [6.07, 6.45) is 3.70. The summed E-state index contributed by atoms with van der Waals surface area (Å²) in [5.74, 6) is -1.46. The molecule has 9 nitrogen and oxygen atoms in total. The quantitative estimate of drug-likeness (QED) is 0.154. The van der Waals surface area contributed by atoms with Crippen LogP contribution in [0.15, 0.2) is 60.7 Å². The van der Waals surface area contributed by atoms with Crippen molar-refractivity contribution in [3.63, 3.8) is 0 Å². The van der Waals surface area contributed by atoms with E-state index in [1.54, 1.807) is 25.7 Å². The fraction of sp³-hybridized carbons (Fsp3) is 0.459. The van der Waals surface area contributed by atoms with Gasteiger partial charge < -0.3 is 26.0 Å². The lowest BCUT2D eigenvalue weighted by atomic mass is 9.93. The lowest BCUT2D eigenvalue weighted by Crippen LogP contribution is -2.53. The summed E-state index contributed by atoms with van der Waals surface area (Å²) >= 11 is 0. The summed E-state index contributed by atoms with van der Waals surface area (Å²) in [5, 5.41) is 7.76. The lowest BCUT2D eigenvalue weighted by molar-refractivity contribution is -0.141. The molecule has 248 valence electrons. The maximum absolute atomic E-state index is 14.6. The van der Waals surface area contributed by atoms with Gasteiger partial charge in [0, 0.05) is 18.7 Å². The summed E-state index contributed by atoms with van der Waals surface area (Å²) in [5.41, 5.74) is 7.70. The number of benzene rings is 3. The van der Waals surface area contributed by atoms with Crippen molar-refractivity contribution in [1.82, 2.24) is 10.2 Å². The number of nitrogens with zero attached hydrogens (tertiary/aromatic N) is 1. The molecule has 0 radical (unpaired) electrons. The van der Waals surface area contributed by atoms with E-state index in [4.69, 9.17) is 10.5 Å². The number of aryl methyl sites for hydroxylation is 2. The lowest BCUT2D eigenvalue weighted by Gasteiger charge is -2.36.